The molecule has 2 unspecified atom stereocenters. The number of ether oxygens (including phenoxy) is 1. The van der Waals surface area contributed by atoms with E-state index in [0.717, 1.165) is 27.8 Å². The molecule has 0 fully saturated rings. The zero-order valence-corrected chi connectivity index (χ0v) is 13.7. The molecule has 0 saturated carbocycles. The van der Waals surface area contributed by atoms with Gasteiger partial charge in [0.15, 0.2) is 0 Å². The van der Waals surface area contributed by atoms with Crippen LogP contribution >= 0.6 is 27.5 Å². The summed E-state index contributed by atoms with van der Waals surface area (Å²) in [5.41, 5.74) is 1.91. The normalized spacial score (nSPS) is 20.8. The summed E-state index contributed by atoms with van der Waals surface area (Å²) in [5.74, 6) is 0.407. The zero-order valence-electron chi connectivity index (χ0n) is 11.4. The number of halogens is 3. The van der Waals surface area contributed by atoms with E-state index in [1.54, 1.807) is 6.07 Å². The predicted octanol–water partition coefficient (Wildman–Crippen LogP) is 5.03. The average Bonchev–Trinajstić information content (AvgIpc) is 2.49. The highest BCUT2D eigenvalue weighted by Crippen LogP contribution is 2.42. The third-order valence-electron chi connectivity index (χ3n) is 3.73. The summed E-state index contributed by atoms with van der Waals surface area (Å²) in [6.45, 7) is 0. The standard InChI is InChI=1S/C16H14BrClFNO/c1-20-14-8-16(9-2-4-12(18)13(19)6-9)21-15-5-3-10(17)7-11(14)15/h2-7,14,16,20H,8H2,1H3. The van der Waals surface area contributed by atoms with Gasteiger partial charge in [0.1, 0.15) is 17.7 Å². The van der Waals surface area contributed by atoms with Crippen LogP contribution in [-0.2, 0) is 0 Å². The van der Waals surface area contributed by atoms with E-state index in [1.165, 1.54) is 6.07 Å². The van der Waals surface area contributed by atoms with Crippen molar-refractivity contribution >= 4 is 27.5 Å². The van der Waals surface area contributed by atoms with Gasteiger partial charge in [-0.25, -0.2) is 4.39 Å². The first-order valence-electron chi connectivity index (χ1n) is 6.67. The fraction of sp³-hybridized carbons (Fsp3) is 0.250. The molecule has 110 valence electrons. The Morgan fingerprint density at radius 1 is 1.29 bits per heavy atom. The van der Waals surface area contributed by atoms with Crippen molar-refractivity contribution in [1.29, 1.82) is 0 Å². The van der Waals surface area contributed by atoms with E-state index in [2.05, 4.69) is 27.3 Å². The Morgan fingerprint density at radius 2 is 2.10 bits per heavy atom. The van der Waals surface area contributed by atoms with E-state index < -0.39 is 5.82 Å². The quantitative estimate of drug-likeness (QED) is 0.801. The Morgan fingerprint density at radius 3 is 2.81 bits per heavy atom. The number of hydrogen-bond donors (Lipinski definition) is 1. The SMILES string of the molecule is CNC1CC(c2ccc(Cl)c(F)c2)Oc2ccc(Br)cc21. The maximum Gasteiger partial charge on any atom is 0.142 e. The number of hydrogen-bond acceptors (Lipinski definition) is 2. The molecule has 2 aromatic rings. The summed E-state index contributed by atoms with van der Waals surface area (Å²) in [6.07, 6.45) is 0.545. The van der Waals surface area contributed by atoms with Crippen LogP contribution in [0.4, 0.5) is 4.39 Å². The largest absolute Gasteiger partial charge is 0.485 e. The molecule has 2 nitrogen and oxygen atoms in total. The van der Waals surface area contributed by atoms with Crippen molar-refractivity contribution in [2.75, 3.05) is 7.05 Å². The Balaban J connectivity index is 1.96. The van der Waals surface area contributed by atoms with Gasteiger partial charge in [-0.3, -0.25) is 0 Å². The van der Waals surface area contributed by atoms with Gasteiger partial charge in [0.2, 0.25) is 0 Å². The summed E-state index contributed by atoms with van der Waals surface area (Å²) in [4.78, 5) is 0. The first kappa shape index (κ1) is 14.8. The van der Waals surface area contributed by atoms with E-state index >= 15 is 0 Å². The van der Waals surface area contributed by atoms with Crippen molar-refractivity contribution in [3.8, 4) is 5.75 Å². The maximum atomic E-state index is 13.7. The van der Waals surface area contributed by atoms with Gasteiger partial charge in [0, 0.05) is 22.5 Å². The molecule has 0 bridgehead atoms. The molecule has 21 heavy (non-hydrogen) atoms. The molecule has 2 atom stereocenters. The first-order chi connectivity index (χ1) is 10.1. The lowest BCUT2D eigenvalue weighted by Crippen LogP contribution is -2.26. The second kappa shape index (κ2) is 5.95. The highest BCUT2D eigenvalue weighted by atomic mass is 79.9. The van der Waals surface area contributed by atoms with Crippen molar-refractivity contribution < 1.29 is 9.13 Å². The molecule has 0 saturated heterocycles. The van der Waals surface area contributed by atoms with Gasteiger partial charge in [-0.15, -0.1) is 0 Å². The molecule has 3 rings (SSSR count). The molecule has 5 heteroatoms. The van der Waals surface area contributed by atoms with E-state index in [-0.39, 0.29) is 17.2 Å². The third-order valence-corrected chi connectivity index (χ3v) is 4.53. The summed E-state index contributed by atoms with van der Waals surface area (Å²) >= 11 is 9.22. The van der Waals surface area contributed by atoms with Crippen LogP contribution in [0.15, 0.2) is 40.9 Å². The molecule has 1 N–H and O–H groups in total. The van der Waals surface area contributed by atoms with E-state index in [1.807, 2.05) is 25.2 Å². The zero-order chi connectivity index (χ0) is 15.0. The van der Waals surface area contributed by atoms with E-state index in [9.17, 15) is 4.39 Å². The van der Waals surface area contributed by atoms with Gasteiger partial charge in [-0.1, -0.05) is 33.6 Å². The van der Waals surface area contributed by atoms with Crippen molar-refractivity contribution in [2.24, 2.45) is 0 Å². The molecular formula is C16H14BrClFNO. The highest BCUT2D eigenvalue weighted by Gasteiger charge is 2.29. The van der Waals surface area contributed by atoms with Crippen molar-refractivity contribution in [3.05, 3.63) is 62.8 Å². The monoisotopic (exact) mass is 369 g/mol. The Kier molecular flexibility index (Phi) is 4.20. The molecular weight excluding hydrogens is 357 g/mol. The van der Waals surface area contributed by atoms with E-state index in [0.29, 0.717) is 0 Å². The molecule has 1 aliphatic heterocycles. The fourth-order valence-corrected chi connectivity index (χ4v) is 3.13. The topological polar surface area (TPSA) is 21.3 Å². The van der Waals surface area contributed by atoms with Gasteiger partial charge in [0.25, 0.3) is 0 Å². The van der Waals surface area contributed by atoms with Gasteiger partial charge < -0.3 is 10.1 Å². The van der Waals surface area contributed by atoms with Gasteiger partial charge in [-0.05, 0) is 42.9 Å². The lowest BCUT2D eigenvalue weighted by molar-refractivity contribution is 0.153. The lowest BCUT2D eigenvalue weighted by atomic mass is 9.93. The lowest BCUT2D eigenvalue weighted by Gasteiger charge is -2.32. The van der Waals surface area contributed by atoms with Crippen LogP contribution in [0.5, 0.6) is 5.75 Å². The average molecular weight is 371 g/mol. The maximum absolute atomic E-state index is 13.7. The van der Waals surface area contributed by atoms with Crippen molar-refractivity contribution in [1.82, 2.24) is 5.32 Å². The van der Waals surface area contributed by atoms with Crippen molar-refractivity contribution in [2.45, 2.75) is 18.6 Å². The number of fused-ring (bicyclic) bond motifs is 1. The number of nitrogens with one attached hydrogen (secondary N) is 1. The minimum atomic E-state index is -0.416. The molecule has 0 amide bonds. The third kappa shape index (κ3) is 2.93. The van der Waals surface area contributed by atoms with Crippen molar-refractivity contribution in [3.63, 3.8) is 0 Å². The van der Waals surface area contributed by atoms with Crippen LogP contribution in [-0.4, -0.2) is 7.05 Å². The molecule has 2 aromatic carbocycles. The Hall–Kier alpha value is -1.10. The second-order valence-corrected chi connectivity index (χ2v) is 6.36. The fourth-order valence-electron chi connectivity index (χ4n) is 2.63. The van der Waals surface area contributed by atoms with Crippen LogP contribution in [0.25, 0.3) is 0 Å². The highest BCUT2D eigenvalue weighted by molar-refractivity contribution is 9.10. The molecule has 0 aromatic heterocycles. The summed E-state index contributed by atoms with van der Waals surface area (Å²) < 4.78 is 20.7. The van der Waals surface area contributed by atoms with Crippen LogP contribution in [0.3, 0.4) is 0 Å². The number of benzene rings is 2. The van der Waals surface area contributed by atoms with E-state index in [4.69, 9.17) is 16.3 Å². The Labute approximate surface area is 136 Å². The molecule has 0 aliphatic carbocycles. The number of rotatable bonds is 2. The summed E-state index contributed by atoms with van der Waals surface area (Å²) in [6, 6.07) is 10.9. The molecule has 0 radical (unpaired) electrons. The molecule has 1 heterocycles. The van der Waals surface area contributed by atoms with Gasteiger partial charge in [0.05, 0.1) is 5.02 Å². The summed E-state index contributed by atoms with van der Waals surface area (Å²) in [5, 5.41) is 3.42. The van der Waals surface area contributed by atoms with Gasteiger partial charge >= 0.3 is 0 Å². The van der Waals surface area contributed by atoms with Crippen LogP contribution in [0.2, 0.25) is 5.02 Å². The molecule has 0 spiro atoms. The Bertz CT molecular complexity index is 679. The summed E-state index contributed by atoms with van der Waals surface area (Å²) in [7, 11) is 1.92. The van der Waals surface area contributed by atoms with Crippen LogP contribution in [0, 0.1) is 5.82 Å². The second-order valence-electron chi connectivity index (χ2n) is 5.04. The predicted molar refractivity (Wildman–Crippen MR) is 85.3 cm³/mol. The molecule has 1 aliphatic rings. The van der Waals surface area contributed by atoms with Crippen LogP contribution in [0.1, 0.15) is 29.7 Å². The smallest absolute Gasteiger partial charge is 0.142 e. The first-order valence-corrected chi connectivity index (χ1v) is 7.84. The van der Waals surface area contributed by atoms with Crippen LogP contribution < -0.4 is 10.1 Å². The minimum absolute atomic E-state index is 0.129. The van der Waals surface area contributed by atoms with Gasteiger partial charge in [-0.2, -0.15) is 0 Å². The minimum Gasteiger partial charge on any atom is -0.485 e.